The Morgan fingerprint density at radius 1 is 1.30 bits per heavy atom. The summed E-state index contributed by atoms with van der Waals surface area (Å²) in [6.45, 7) is 3.85. The molecule has 3 nitrogen and oxygen atoms in total. The van der Waals surface area contributed by atoms with Gasteiger partial charge in [0, 0.05) is 42.9 Å². The molecular weight excluding hydrogens is 268 g/mol. The quantitative estimate of drug-likeness (QED) is 0.757. The Hall–Kier alpha value is -0.940. The van der Waals surface area contributed by atoms with Gasteiger partial charge < -0.3 is 15.0 Å². The molecule has 110 valence electrons. The molecule has 0 fully saturated rings. The van der Waals surface area contributed by atoms with Gasteiger partial charge in [-0.15, -0.1) is 11.3 Å². The molecule has 1 aromatic carbocycles. The van der Waals surface area contributed by atoms with Gasteiger partial charge in [-0.25, -0.2) is 0 Å². The van der Waals surface area contributed by atoms with E-state index in [9.17, 15) is 0 Å². The topological polar surface area (TPSA) is 24.5 Å². The van der Waals surface area contributed by atoms with Gasteiger partial charge in [0.05, 0.1) is 0 Å². The van der Waals surface area contributed by atoms with E-state index in [0.29, 0.717) is 0 Å². The molecule has 0 bridgehead atoms. The van der Waals surface area contributed by atoms with Crippen LogP contribution in [0.25, 0.3) is 10.1 Å². The summed E-state index contributed by atoms with van der Waals surface area (Å²) in [5.74, 6) is 0. The maximum atomic E-state index is 5.13. The number of nitrogens with zero attached hydrogens (tertiary/aromatic N) is 1. The van der Waals surface area contributed by atoms with Crippen molar-refractivity contribution in [2.24, 2.45) is 0 Å². The van der Waals surface area contributed by atoms with E-state index >= 15 is 0 Å². The van der Waals surface area contributed by atoms with Crippen LogP contribution in [0.1, 0.15) is 16.9 Å². The number of fused-ring (bicyclic) bond motifs is 1. The van der Waals surface area contributed by atoms with E-state index in [1.807, 2.05) is 18.4 Å². The highest BCUT2D eigenvalue weighted by Crippen LogP contribution is 2.32. The predicted octanol–water partition coefficient (Wildman–Crippen LogP) is 3.09. The molecule has 1 aromatic heterocycles. The summed E-state index contributed by atoms with van der Waals surface area (Å²) < 4.78 is 6.51. The molecule has 1 heterocycles. The normalized spacial score (nSPS) is 11.6. The van der Waals surface area contributed by atoms with Gasteiger partial charge in [-0.05, 0) is 37.5 Å². The first kappa shape index (κ1) is 15.4. The van der Waals surface area contributed by atoms with Crippen molar-refractivity contribution in [3.05, 3.63) is 34.7 Å². The highest BCUT2D eigenvalue weighted by Gasteiger charge is 2.12. The monoisotopic (exact) mass is 292 g/mol. The number of ether oxygens (including phenoxy) is 1. The zero-order valence-electron chi connectivity index (χ0n) is 12.6. The Bertz CT molecular complexity index is 538. The fraction of sp³-hybridized carbons (Fsp3) is 0.500. The molecule has 20 heavy (non-hydrogen) atoms. The minimum absolute atomic E-state index is 0.831. The van der Waals surface area contributed by atoms with E-state index in [0.717, 1.165) is 32.7 Å². The van der Waals surface area contributed by atoms with Crippen LogP contribution in [0.15, 0.2) is 24.3 Å². The van der Waals surface area contributed by atoms with Crippen LogP contribution in [0, 0.1) is 0 Å². The maximum absolute atomic E-state index is 5.13. The third-order valence-corrected chi connectivity index (χ3v) is 4.65. The zero-order valence-corrected chi connectivity index (χ0v) is 13.4. The summed E-state index contributed by atoms with van der Waals surface area (Å²) in [4.78, 5) is 3.83. The van der Waals surface area contributed by atoms with Crippen LogP contribution in [-0.2, 0) is 17.8 Å². The Labute approximate surface area is 125 Å². The minimum Gasteiger partial charge on any atom is -0.385 e. The molecule has 4 heteroatoms. The molecule has 2 aromatic rings. The van der Waals surface area contributed by atoms with E-state index < -0.39 is 0 Å². The predicted molar refractivity (Wildman–Crippen MR) is 87.4 cm³/mol. The first-order valence-electron chi connectivity index (χ1n) is 7.07. The Kier molecular flexibility index (Phi) is 5.98. The van der Waals surface area contributed by atoms with Gasteiger partial charge >= 0.3 is 0 Å². The molecule has 2 rings (SSSR count). The molecule has 0 unspecified atom stereocenters. The van der Waals surface area contributed by atoms with Crippen molar-refractivity contribution in [1.29, 1.82) is 0 Å². The Morgan fingerprint density at radius 3 is 2.85 bits per heavy atom. The number of hydrogen-bond donors (Lipinski definition) is 1. The van der Waals surface area contributed by atoms with Crippen molar-refractivity contribution in [2.45, 2.75) is 19.5 Å². The van der Waals surface area contributed by atoms with Crippen LogP contribution >= 0.6 is 11.3 Å². The second-order valence-electron chi connectivity index (χ2n) is 5.11. The van der Waals surface area contributed by atoms with Crippen LogP contribution in [0.3, 0.4) is 0 Å². The average Bonchev–Trinajstić information content (AvgIpc) is 2.78. The largest absolute Gasteiger partial charge is 0.385 e. The van der Waals surface area contributed by atoms with Crippen molar-refractivity contribution in [3.63, 3.8) is 0 Å². The summed E-state index contributed by atoms with van der Waals surface area (Å²) in [5, 5.41) is 4.69. The van der Waals surface area contributed by atoms with Crippen molar-refractivity contribution >= 4 is 21.4 Å². The lowest BCUT2D eigenvalue weighted by Crippen LogP contribution is -2.21. The van der Waals surface area contributed by atoms with Gasteiger partial charge in [-0.3, -0.25) is 0 Å². The number of nitrogens with one attached hydrogen (secondary N) is 1. The lowest BCUT2D eigenvalue weighted by molar-refractivity contribution is 0.178. The number of benzene rings is 1. The van der Waals surface area contributed by atoms with Gasteiger partial charge in [0.15, 0.2) is 0 Å². The van der Waals surface area contributed by atoms with Crippen LogP contribution in [-0.4, -0.2) is 39.3 Å². The molecule has 0 amide bonds. The van der Waals surface area contributed by atoms with Gasteiger partial charge in [-0.2, -0.15) is 0 Å². The van der Waals surface area contributed by atoms with Gasteiger partial charge in [0.1, 0.15) is 0 Å². The zero-order chi connectivity index (χ0) is 14.4. The Morgan fingerprint density at radius 2 is 2.10 bits per heavy atom. The number of methoxy groups -OCH3 is 1. The fourth-order valence-corrected chi connectivity index (χ4v) is 3.68. The van der Waals surface area contributed by atoms with E-state index in [-0.39, 0.29) is 0 Å². The van der Waals surface area contributed by atoms with Crippen LogP contribution in [0.4, 0.5) is 0 Å². The highest BCUT2D eigenvalue weighted by atomic mass is 32.1. The maximum Gasteiger partial charge on any atom is 0.0474 e. The summed E-state index contributed by atoms with van der Waals surface area (Å²) >= 11 is 1.90. The first-order valence-corrected chi connectivity index (χ1v) is 7.89. The van der Waals surface area contributed by atoms with Gasteiger partial charge in [0.2, 0.25) is 0 Å². The molecule has 0 aliphatic carbocycles. The summed E-state index contributed by atoms with van der Waals surface area (Å²) in [5.41, 5.74) is 1.47. The molecule has 0 spiro atoms. The highest BCUT2D eigenvalue weighted by molar-refractivity contribution is 7.19. The SMILES string of the molecule is CNCc1sc2ccccc2c1CN(C)CCCOC. The number of hydrogen-bond acceptors (Lipinski definition) is 4. The van der Waals surface area contributed by atoms with Gasteiger partial charge in [-0.1, -0.05) is 18.2 Å². The molecule has 0 aliphatic heterocycles. The lowest BCUT2D eigenvalue weighted by Gasteiger charge is -2.17. The number of rotatable bonds is 8. The smallest absolute Gasteiger partial charge is 0.0474 e. The standard InChI is InChI=1S/C16H24N2OS/c1-17-11-16-14(12-18(2)9-6-10-19-3)13-7-4-5-8-15(13)20-16/h4-5,7-8,17H,6,9-12H2,1-3H3. The van der Waals surface area contributed by atoms with Crippen molar-refractivity contribution in [3.8, 4) is 0 Å². The van der Waals surface area contributed by atoms with Crippen LogP contribution < -0.4 is 5.32 Å². The molecular formula is C16H24N2OS. The minimum atomic E-state index is 0.831. The average molecular weight is 292 g/mol. The molecule has 0 aliphatic rings. The van der Waals surface area contributed by atoms with Gasteiger partial charge in [0.25, 0.3) is 0 Å². The van der Waals surface area contributed by atoms with E-state index in [1.165, 1.54) is 20.5 Å². The molecule has 0 saturated heterocycles. The summed E-state index contributed by atoms with van der Waals surface area (Å²) in [6, 6.07) is 8.71. The number of thiophene rings is 1. The fourth-order valence-electron chi connectivity index (χ4n) is 2.45. The molecule has 0 saturated carbocycles. The Balaban J connectivity index is 2.16. The van der Waals surface area contributed by atoms with Crippen molar-refractivity contribution in [2.75, 3.05) is 34.4 Å². The molecule has 0 atom stereocenters. The van der Waals surface area contributed by atoms with E-state index in [4.69, 9.17) is 4.74 Å². The first-order chi connectivity index (χ1) is 9.76. The summed E-state index contributed by atoms with van der Waals surface area (Å²) in [6.07, 6.45) is 1.08. The second kappa shape index (κ2) is 7.74. The van der Waals surface area contributed by atoms with Crippen molar-refractivity contribution < 1.29 is 4.74 Å². The van der Waals surface area contributed by atoms with E-state index in [2.05, 4.69) is 41.5 Å². The second-order valence-corrected chi connectivity index (χ2v) is 6.25. The lowest BCUT2D eigenvalue weighted by atomic mass is 10.1. The van der Waals surface area contributed by atoms with Crippen LogP contribution in [0.2, 0.25) is 0 Å². The third-order valence-electron chi connectivity index (χ3n) is 3.44. The van der Waals surface area contributed by atoms with Crippen LogP contribution in [0.5, 0.6) is 0 Å². The molecule has 0 radical (unpaired) electrons. The molecule has 1 N–H and O–H groups in total. The van der Waals surface area contributed by atoms with E-state index in [1.54, 1.807) is 7.11 Å². The van der Waals surface area contributed by atoms with Crippen molar-refractivity contribution in [1.82, 2.24) is 10.2 Å². The summed E-state index contributed by atoms with van der Waals surface area (Å²) in [7, 11) is 5.96. The third kappa shape index (κ3) is 3.79.